The molecule has 0 bridgehead atoms. The van der Waals surface area contributed by atoms with Gasteiger partial charge in [-0.25, -0.2) is 8.42 Å². The maximum Gasteiger partial charge on any atom is 0.291 e. The maximum absolute atomic E-state index is 13.0. The number of hydrogen-bond acceptors (Lipinski definition) is 6. The summed E-state index contributed by atoms with van der Waals surface area (Å²) in [6.07, 6.45) is 1.45. The molecule has 2 heterocycles. The Morgan fingerprint density at radius 2 is 1.86 bits per heavy atom. The van der Waals surface area contributed by atoms with Crippen LogP contribution in [0.25, 0.3) is 0 Å². The highest BCUT2D eigenvalue weighted by atomic mass is 32.2. The highest BCUT2D eigenvalue weighted by Gasteiger charge is 2.25. The molecule has 0 radical (unpaired) electrons. The van der Waals surface area contributed by atoms with Crippen molar-refractivity contribution in [3.8, 4) is 0 Å². The third kappa shape index (κ3) is 4.47. The van der Waals surface area contributed by atoms with Crippen LogP contribution in [0.15, 0.2) is 39.8 Å². The quantitative estimate of drug-likeness (QED) is 0.739. The van der Waals surface area contributed by atoms with Gasteiger partial charge in [-0.1, -0.05) is 13.8 Å². The number of furan rings is 1. The first-order chi connectivity index (χ1) is 13.9. The van der Waals surface area contributed by atoms with E-state index in [1.54, 1.807) is 39.0 Å². The Balaban J connectivity index is 2.01. The van der Waals surface area contributed by atoms with Crippen LogP contribution in [0.1, 0.15) is 30.0 Å². The van der Waals surface area contributed by atoms with Gasteiger partial charge in [-0.15, -0.1) is 0 Å². The van der Waals surface area contributed by atoms with E-state index in [1.165, 1.54) is 16.6 Å². The number of hydrogen-bond donors (Lipinski definition) is 1. The van der Waals surface area contributed by atoms with Crippen molar-refractivity contribution in [3.63, 3.8) is 0 Å². The van der Waals surface area contributed by atoms with Gasteiger partial charge in [-0.3, -0.25) is 4.79 Å². The third-order valence-corrected chi connectivity index (χ3v) is 7.03. The number of sulfonamides is 1. The number of rotatable bonds is 7. The van der Waals surface area contributed by atoms with Crippen LogP contribution >= 0.6 is 0 Å². The molecule has 8 nitrogen and oxygen atoms in total. The Hall–Kier alpha value is -2.36. The molecule has 9 heteroatoms. The van der Waals surface area contributed by atoms with Crippen molar-refractivity contribution in [3.05, 3.63) is 41.9 Å². The molecule has 0 saturated carbocycles. The predicted octanol–water partition coefficient (Wildman–Crippen LogP) is 2.71. The fourth-order valence-electron chi connectivity index (χ4n) is 3.35. The van der Waals surface area contributed by atoms with E-state index < -0.39 is 15.9 Å². The number of morpholine rings is 1. The summed E-state index contributed by atoms with van der Waals surface area (Å²) < 4.78 is 38.0. The summed E-state index contributed by atoms with van der Waals surface area (Å²) in [5.74, 6) is -0.214. The van der Waals surface area contributed by atoms with E-state index in [0.29, 0.717) is 50.6 Å². The molecule has 1 aromatic carbocycles. The first kappa shape index (κ1) is 21.4. The molecule has 0 aliphatic carbocycles. The van der Waals surface area contributed by atoms with Crippen molar-refractivity contribution in [2.75, 3.05) is 49.6 Å². The largest absolute Gasteiger partial charge is 0.459 e. The van der Waals surface area contributed by atoms with Gasteiger partial charge in [0, 0.05) is 31.7 Å². The second-order valence-corrected chi connectivity index (χ2v) is 8.69. The van der Waals surface area contributed by atoms with Crippen LogP contribution in [0.5, 0.6) is 0 Å². The lowest BCUT2D eigenvalue weighted by Gasteiger charge is -2.31. The van der Waals surface area contributed by atoms with E-state index in [1.807, 2.05) is 0 Å². The number of carbonyl (C=O) groups is 1. The monoisotopic (exact) mass is 421 g/mol. The lowest BCUT2D eigenvalue weighted by Crippen LogP contribution is -2.37. The number of amides is 1. The average Bonchev–Trinajstić information content (AvgIpc) is 3.15. The summed E-state index contributed by atoms with van der Waals surface area (Å²) in [5.41, 5.74) is 1.90. The number of aryl methyl sites for hydroxylation is 1. The molecule has 1 fully saturated rings. The SMILES string of the molecule is CCN(CC)S(=O)(=O)c1ccc(N2CCOCC2)c(NC(=O)c2occc2C)c1. The topological polar surface area (TPSA) is 92.1 Å². The molecule has 158 valence electrons. The minimum absolute atomic E-state index is 0.143. The van der Waals surface area contributed by atoms with Gasteiger partial charge in [0.2, 0.25) is 10.0 Å². The molecule has 0 unspecified atom stereocenters. The van der Waals surface area contributed by atoms with Gasteiger partial charge in [0.1, 0.15) is 0 Å². The number of nitrogens with one attached hydrogen (secondary N) is 1. The lowest BCUT2D eigenvalue weighted by molar-refractivity contribution is 0.0995. The molecule has 1 aromatic heterocycles. The second kappa shape index (κ2) is 8.98. The Bertz CT molecular complexity index is 960. The van der Waals surface area contributed by atoms with Crippen LogP contribution in [0, 0.1) is 6.92 Å². The number of nitrogens with zero attached hydrogens (tertiary/aromatic N) is 2. The van der Waals surface area contributed by atoms with E-state index >= 15 is 0 Å². The fraction of sp³-hybridized carbons (Fsp3) is 0.450. The molecule has 1 aliphatic rings. The van der Waals surface area contributed by atoms with Gasteiger partial charge in [-0.05, 0) is 31.2 Å². The molecule has 0 spiro atoms. The summed E-state index contributed by atoms with van der Waals surface area (Å²) in [5, 5.41) is 2.84. The minimum atomic E-state index is -3.65. The molecule has 0 atom stereocenters. The number of carbonyl (C=O) groups excluding carboxylic acids is 1. The normalized spacial score (nSPS) is 15.0. The van der Waals surface area contributed by atoms with Gasteiger partial charge in [0.25, 0.3) is 5.91 Å². The van der Waals surface area contributed by atoms with Crippen LogP contribution in [-0.2, 0) is 14.8 Å². The number of ether oxygens (including phenoxy) is 1. The molecule has 1 amide bonds. The highest BCUT2D eigenvalue weighted by molar-refractivity contribution is 7.89. The molecular weight excluding hydrogens is 394 g/mol. The molecule has 1 aliphatic heterocycles. The smallest absolute Gasteiger partial charge is 0.291 e. The van der Waals surface area contributed by atoms with E-state index in [4.69, 9.17) is 9.15 Å². The Morgan fingerprint density at radius 1 is 1.17 bits per heavy atom. The van der Waals surface area contributed by atoms with E-state index in [2.05, 4.69) is 10.2 Å². The molecule has 2 aromatic rings. The van der Waals surface area contributed by atoms with E-state index in [-0.39, 0.29) is 10.7 Å². The molecule has 1 N–H and O–H groups in total. The maximum atomic E-state index is 13.0. The van der Waals surface area contributed by atoms with Crippen LogP contribution in [-0.4, -0.2) is 58.0 Å². The van der Waals surface area contributed by atoms with Crippen LogP contribution in [0.2, 0.25) is 0 Å². The van der Waals surface area contributed by atoms with E-state index in [9.17, 15) is 13.2 Å². The van der Waals surface area contributed by atoms with Crippen LogP contribution < -0.4 is 10.2 Å². The number of anilines is 2. The lowest BCUT2D eigenvalue weighted by atomic mass is 10.2. The van der Waals surface area contributed by atoms with Crippen molar-refractivity contribution in [1.29, 1.82) is 0 Å². The van der Waals surface area contributed by atoms with Crippen molar-refractivity contribution >= 4 is 27.3 Å². The fourth-order valence-corrected chi connectivity index (χ4v) is 4.84. The average molecular weight is 422 g/mol. The van der Waals surface area contributed by atoms with Gasteiger partial charge in [0.05, 0.1) is 35.7 Å². The van der Waals surface area contributed by atoms with Crippen molar-refractivity contribution in [1.82, 2.24) is 4.31 Å². The van der Waals surface area contributed by atoms with Gasteiger partial charge in [0.15, 0.2) is 5.76 Å². The summed E-state index contributed by atoms with van der Waals surface area (Å²) in [7, 11) is -3.65. The summed E-state index contributed by atoms with van der Waals surface area (Å²) in [4.78, 5) is 14.9. The second-order valence-electron chi connectivity index (χ2n) is 6.75. The van der Waals surface area contributed by atoms with Crippen molar-refractivity contribution in [2.45, 2.75) is 25.7 Å². The first-order valence-corrected chi connectivity index (χ1v) is 11.1. The van der Waals surface area contributed by atoms with Crippen LogP contribution in [0.4, 0.5) is 11.4 Å². The summed E-state index contributed by atoms with van der Waals surface area (Å²) >= 11 is 0. The molecule has 1 saturated heterocycles. The first-order valence-electron chi connectivity index (χ1n) is 9.70. The zero-order chi connectivity index (χ0) is 21.0. The summed E-state index contributed by atoms with van der Waals surface area (Å²) in [6, 6.07) is 6.56. The van der Waals surface area contributed by atoms with Crippen LogP contribution in [0.3, 0.4) is 0 Å². The standard InChI is InChI=1S/C20H27N3O5S/c1-4-23(5-2)29(25,26)16-6-7-18(22-9-12-27-13-10-22)17(14-16)21-20(24)19-15(3)8-11-28-19/h6-8,11,14H,4-5,9-10,12-13H2,1-3H3,(H,21,24). The zero-order valence-corrected chi connectivity index (χ0v) is 17.8. The third-order valence-electron chi connectivity index (χ3n) is 4.98. The Kier molecular flexibility index (Phi) is 6.61. The number of benzene rings is 1. The molecule has 3 rings (SSSR count). The Labute approximate surface area is 171 Å². The molecular formula is C20H27N3O5S. The van der Waals surface area contributed by atoms with E-state index in [0.717, 1.165) is 5.69 Å². The highest BCUT2D eigenvalue weighted by Crippen LogP contribution is 2.31. The minimum Gasteiger partial charge on any atom is -0.459 e. The van der Waals surface area contributed by atoms with Crippen molar-refractivity contribution in [2.24, 2.45) is 0 Å². The van der Waals surface area contributed by atoms with Crippen molar-refractivity contribution < 1.29 is 22.4 Å². The van der Waals surface area contributed by atoms with Gasteiger partial charge < -0.3 is 19.4 Å². The van der Waals surface area contributed by atoms with Gasteiger partial charge >= 0.3 is 0 Å². The molecule has 29 heavy (non-hydrogen) atoms. The summed E-state index contributed by atoms with van der Waals surface area (Å²) in [6.45, 7) is 8.58. The predicted molar refractivity (Wildman–Crippen MR) is 111 cm³/mol. The zero-order valence-electron chi connectivity index (χ0n) is 17.0. The van der Waals surface area contributed by atoms with Gasteiger partial charge in [-0.2, -0.15) is 4.31 Å². The Morgan fingerprint density at radius 3 is 2.45 bits per heavy atom.